The van der Waals surface area contributed by atoms with Crippen LogP contribution in [0.3, 0.4) is 0 Å². The summed E-state index contributed by atoms with van der Waals surface area (Å²) in [5.41, 5.74) is -0.479. The predicted molar refractivity (Wildman–Crippen MR) is 69.9 cm³/mol. The molecular formula is C13H17N3O4. The molecule has 0 spiro atoms. The molecule has 0 saturated heterocycles. The maximum Gasteiger partial charge on any atom is 0.347 e. The summed E-state index contributed by atoms with van der Waals surface area (Å²) in [6.45, 7) is 1.83. The van der Waals surface area contributed by atoms with Gasteiger partial charge in [0.15, 0.2) is 0 Å². The zero-order valence-electron chi connectivity index (χ0n) is 11.3. The van der Waals surface area contributed by atoms with E-state index < -0.39 is 11.7 Å². The van der Waals surface area contributed by atoms with E-state index in [0.717, 1.165) is 12.8 Å². The molecule has 0 radical (unpaired) electrons. The molecule has 108 valence electrons. The minimum Gasteiger partial charge on any atom is -0.465 e. The summed E-state index contributed by atoms with van der Waals surface area (Å²) in [5.74, 6) is -0.693. The second kappa shape index (κ2) is 6.31. The van der Waals surface area contributed by atoms with Crippen LogP contribution in [0.1, 0.15) is 19.8 Å². The summed E-state index contributed by atoms with van der Waals surface area (Å²) in [5, 5.41) is 0. The first-order valence-corrected chi connectivity index (χ1v) is 6.58. The van der Waals surface area contributed by atoms with Gasteiger partial charge < -0.3 is 9.64 Å². The highest BCUT2D eigenvalue weighted by atomic mass is 16.5. The summed E-state index contributed by atoms with van der Waals surface area (Å²) in [6.07, 6.45) is 4.64. The van der Waals surface area contributed by atoms with Crippen molar-refractivity contribution in [3.8, 4) is 0 Å². The Kier molecular flexibility index (Phi) is 4.49. The summed E-state index contributed by atoms with van der Waals surface area (Å²) in [7, 11) is 0. The standard InChI is InChI=1S/C13H17N3O4/c1-2-20-12(18)9-16(10-4-5-10)11(17)8-15-7-3-6-14-13(15)19/h3,6-7,10H,2,4-5,8-9H2,1H3. The lowest BCUT2D eigenvalue weighted by atomic mass is 10.4. The number of hydrogen-bond acceptors (Lipinski definition) is 5. The summed E-state index contributed by atoms with van der Waals surface area (Å²) in [4.78, 5) is 40.3. The van der Waals surface area contributed by atoms with Crippen LogP contribution in [0.4, 0.5) is 0 Å². The molecule has 1 aliphatic rings. The Morgan fingerprint density at radius 3 is 2.85 bits per heavy atom. The summed E-state index contributed by atoms with van der Waals surface area (Å²) in [6, 6.07) is 1.67. The van der Waals surface area contributed by atoms with Gasteiger partial charge in [-0.3, -0.25) is 14.2 Å². The molecule has 0 bridgehead atoms. The van der Waals surface area contributed by atoms with Crippen molar-refractivity contribution in [2.45, 2.75) is 32.4 Å². The van der Waals surface area contributed by atoms with E-state index in [1.165, 1.54) is 21.9 Å². The molecule has 1 fully saturated rings. The van der Waals surface area contributed by atoms with Crippen molar-refractivity contribution in [2.75, 3.05) is 13.2 Å². The predicted octanol–water partition coefficient (Wildman–Crippen LogP) is -0.203. The van der Waals surface area contributed by atoms with E-state index in [2.05, 4.69) is 4.98 Å². The van der Waals surface area contributed by atoms with Crippen molar-refractivity contribution in [3.63, 3.8) is 0 Å². The first kappa shape index (κ1) is 14.2. The Hall–Kier alpha value is -2.18. The number of rotatable bonds is 6. The van der Waals surface area contributed by atoms with Crippen molar-refractivity contribution in [1.29, 1.82) is 0 Å². The zero-order chi connectivity index (χ0) is 14.5. The van der Waals surface area contributed by atoms with Crippen molar-refractivity contribution in [1.82, 2.24) is 14.5 Å². The highest BCUT2D eigenvalue weighted by Crippen LogP contribution is 2.26. The van der Waals surface area contributed by atoms with Gasteiger partial charge in [-0.05, 0) is 25.8 Å². The second-order valence-electron chi connectivity index (χ2n) is 4.59. The number of ether oxygens (including phenoxy) is 1. The molecule has 7 nitrogen and oxygen atoms in total. The van der Waals surface area contributed by atoms with Crippen LogP contribution in [0, 0.1) is 0 Å². The largest absolute Gasteiger partial charge is 0.465 e. The van der Waals surface area contributed by atoms with Crippen LogP contribution in [-0.4, -0.2) is 45.5 Å². The third-order valence-electron chi connectivity index (χ3n) is 3.00. The fourth-order valence-corrected chi connectivity index (χ4v) is 1.90. The minimum atomic E-state index is -0.479. The normalized spacial score (nSPS) is 13.8. The van der Waals surface area contributed by atoms with E-state index in [1.807, 2.05) is 0 Å². The van der Waals surface area contributed by atoms with Gasteiger partial charge in [0.1, 0.15) is 13.1 Å². The lowest BCUT2D eigenvalue weighted by molar-refractivity contribution is -0.149. The molecule has 0 aromatic carbocycles. The van der Waals surface area contributed by atoms with Crippen molar-refractivity contribution in [3.05, 3.63) is 28.9 Å². The molecule has 7 heteroatoms. The number of hydrogen-bond donors (Lipinski definition) is 0. The van der Waals surface area contributed by atoms with Crippen LogP contribution in [-0.2, 0) is 20.9 Å². The maximum atomic E-state index is 12.2. The molecule has 1 heterocycles. The quantitative estimate of drug-likeness (QED) is 0.673. The third-order valence-corrected chi connectivity index (χ3v) is 3.00. The lowest BCUT2D eigenvalue weighted by Gasteiger charge is -2.21. The molecule has 1 aliphatic carbocycles. The van der Waals surface area contributed by atoms with Crippen LogP contribution in [0.5, 0.6) is 0 Å². The Morgan fingerprint density at radius 2 is 2.25 bits per heavy atom. The third kappa shape index (κ3) is 3.66. The minimum absolute atomic E-state index is 0.0631. The number of carbonyl (C=O) groups is 2. The van der Waals surface area contributed by atoms with Gasteiger partial charge in [-0.1, -0.05) is 0 Å². The van der Waals surface area contributed by atoms with Crippen molar-refractivity contribution >= 4 is 11.9 Å². The van der Waals surface area contributed by atoms with Crippen LogP contribution in [0.25, 0.3) is 0 Å². The van der Waals surface area contributed by atoms with Crippen LogP contribution in [0.15, 0.2) is 23.3 Å². The Morgan fingerprint density at radius 1 is 1.50 bits per heavy atom. The molecule has 1 aromatic rings. The average Bonchev–Trinajstić information content (AvgIpc) is 3.23. The molecular weight excluding hydrogens is 262 g/mol. The van der Waals surface area contributed by atoms with Gasteiger partial charge in [0.05, 0.1) is 6.61 Å². The summed E-state index contributed by atoms with van der Waals surface area (Å²) < 4.78 is 6.09. The van der Waals surface area contributed by atoms with Gasteiger partial charge in [0.25, 0.3) is 0 Å². The van der Waals surface area contributed by atoms with E-state index in [4.69, 9.17) is 4.74 Å². The number of amides is 1. The van der Waals surface area contributed by atoms with Gasteiger partial charge in [-0.15, -0.1) is 0 Å². The van der Waals surface area contributed by atoms with Crippen LogP contribution >= 0.6 is 0 Å². The van der Waals surface area contributed by atoms with Crippen molar-refractivity contribution in [2.24, 2.45) is 0 Å². The monoisotopic (exact) mass is 279 g/mol. The molecule has 1 aromatic heterocycles. The zero-order valence-corrected chi connectivity index (χ0v) is 11.3. The highest BCUT2D eigenvalue weighted by molar-refractivity contribution is 5.82. The second-order valence-corrected chi connectivity index (χ2v) is 4.59. The van der Waals surface area contributed by atoms with Crippen molar-refractivity contribution < 1.29 is 14.3 Å². The van der Waals surface area contributed by atoms with E-state index >= 15 is 0 Å². The first-order chi connectivity index (χ1) is 9.61. The molecule has 0 aliphatic heterocycles. The average molecular weight is 279 g/mol. The topological polar surface area (TPSA) is 81.5 Å². The number of aromatic nitrogens is 2. The maximum absolute atomic E-state index is 12.2. The van der Waals surface area contributed by atoms with E-state index in [9.17, 15) is 14.4 Å². The highest BCUT2D eigenvalue weighted by Gasteiger charge is 2.34. The smallest absolute Gasteiger partial charge is 0.347 e. The van der Waals surface area contributed by atoms with E-state index in [1.54, 1.807) is 13.0 Å². The van der Waals surface area contributed by atoms with Gasteiger partial charge in [0.2, 0.25) is 5.91 Å². The SMILES string of the molecule is CCOC(=O)CN(C(=O)Cn1cccnc1=O)C1CC1. The first-order valence-electron chi connectivity index (χ1n) is 6.58. The number of esters is 1. The fourth-order valence-electron chi connectivity index (χ4n) is 1.90. The van der Waals surface area contributed by atoms with Crippen LogP contribution < -0.4 is 5.69 Å². The Bertz CT molecular complexity index is 551. The van der Waals surface area contributed by atoms with E-state index in [0.29, 0.717) is 0 Å². The molecule has 0 atom stereocenters. The molecule has 1 amide bonds. The summed E-state index contributed by atoms with van der Waals surface area (Å²) >= 11 is 0. The van der Waals surface area contributed by atoms with Gasteiger partial charge >= 0.3 is 11.7 Å². The number of nitrogens with zero attached hydrogens (tertiary/aromatic N) is 3. The molecule has 2 rings (SSSR count). The van der Waals surface area contributed by atoms with Gasteiger partial charge in [-0.2, -0.15) is 0 Å². The molecule has 1 saturated carbocycles. The molecule has 0 unspecified atom stereocenters. The van der Waals surface area contributed by atoms with Gasteiger partial charge in [-0.25, -0.2) is 9.78 Å². The molecule has 0 N–H and O–H groups in total. The van der Waals surface area contributed by atoms with Gasteiger partial charge in [0, 0.05) is 18.4 Å². The Labute approximate surface area is 116 Å². The van der Waals surface area contributed by atoms with Crippen LogP contribution in [0.2, 0.25) is 0 Å². The lowest BCUT2D eigenvalue weighted by Crippen LogP contribution is -2.41. The molecule has 20 heavy (non-hydrogen) atoms. The Balaban J connectivity index is 2.02. The fraction of sp³-hybridized carbons (Fsp3) is 0.538. The van der Waals surface area contributed by atoms with E-state index in [-0.39, 0.29) is 31.6 Å². The number of carbonyl (C=O) groups excluding carboxylic acids is 2.